The highest BCUT2D eigenvalue weighted by atomic mass is 16.5. The first-order chi connectivity index (χ1) is 17.2. The van der Waals surface area contributed by atoms with Crippen molar-refractivity contribution in [3.05, 3.63) is 48.2 Å². The minimum absolute atomic E-state index is 0.0408. The van der Waals surface area contributed by atoms with Gasteiger partial charge in [-0.05, 0) is 104 Å². The maximum Gasteiger partial charge on any atom is 0.302 e. The van der Waals surface area contributed by atoms with E-state index in [-0.39, 0.29) is 34.6 Å². The molecule has 7 atom stereocenters. The lowest BCUT2D eigenvalue weighted by Gasteiger charge is -2.58. The van der Waals surface area contributed by atoms with Gasteiger partial charge in [-0.1, -0.05) is 25.5 Å². The zero-order chi connectivity index (χ0) is 25.5. The Morgan fingerprint density at radius 3 is 2.53 bits per heavy atom. The van der Waals surface area contributed by atoms with Crippen molar-refractivity contribution >= 4 is 17.4 Å². The predicted molar refractivity (Wildman–Crippen MR) is 142 cm³/mol. The summed E-state index contributed by atoms with van der Waals surface area (Å²) in [6, 6.07) is 7.72. The van der Waals surface area contributed by atoms with Crippen LogP contribution in [0.2, 0.25) is 0 Å². The van der Waals surface area contributed by atoms with Crippen LogP contribution in [0.4, 0.5) is 5.69 Å². The van der Waals surface area contributed by atoms with Crippen LogP contribution in [-0.4, -0.2) is 25.0 Å². The summed E-state index contributed by atoms with van der Waals surface area (Å²) < 4.78 is 10.8. The summed E-state index contributed by atoms with van der Waals surface area (Å²) in [5, 5.41) is 3.24. The molecule has 3 fully saturated rings. The molecule has 0 spiro atoms. The molecule has 5 rings (SSSR count). The normalized spacial score (nSPS) is 37.3. The van der Waals surface area contributed by atoms with Crippen LogP contribution in [0.25, 0.3) is 0 Å². The molecule has 0 bridgehead atoms. The molecule has 0 heterocycles. The summed E-state index contributed by atoms with van der Waals surface area (Å²) in [5.41, 5.74) is 2.75. The molecule has 0 saturated heterocycles. The van der Waals surface area contributed by atoms with Crippen LogP contribution in [-0.2, 0) is 14.3 Å². The number of anilines is 1. The molecular formula is C31H41NO4. The van der Waals surface area contributed by atoms with Gasteiger partial charge in [0, 0.05) is 31.1 Å². The van der Waals surface area contributed by atoms with Crippen LogP contribution in [0, 0.1) is 34.5 Å². The van der Waals surface area contributed by atoms with Gasteiger partial charge in [0.1, 0.15) is 11.9 Å². The molecule has 4 aliphatic rings. The topological polar surface area (TPSA) is 64.6 Å². The van der Waals surface area contributed by atoms with Crippen molar-refractivity contribution in [3.8, 4) is 5.75 Å². The minimum atomic E-state index is -0.166. The molecule has 0 aromatic heterocycles. The van der Waals surface area contributed by atoms with Gasteiger partial charge in [0.05, 0.1) is 7.11 Å². The van der Waals surface area contributed by atoms with Gasteiger partial charge in [-0.15, -0.1) is 0 Å². The number of carbonyl (C=O) groups is 2. The third-order valence-electron chi connectivity index (χ3n) is 10.3. The Hall–Kier alpha value is -2.56. The van der Waals surface area contributed by atoms with E-state index in [1.54, 1.807) is 19.4 Å². The summed E-state index contributed by atoms with van der Waals surface area (Å²) in [7, 11) is 1.66. The maximum atomic E-state index is 13.4. The molecule has 3 saturated carbocycles. The van der Waals surface area contributed by atoms with E-state index in [9.17, 15) is 9.59 Å². The Balaban J connectivity index is 1.26. The van der Waals surface area contributed by atoms with Crippen molar-refractivity contribution in [1.29, 1.82) is 0 Å². The highest BCUT2D eigenvalue weighted by Crippen LogP contribution is 2.66. The van der Waals surface area contributed by atoms with Crippen molar-refractivity contribution in [2.75, 3.05) is 12.4 Å². The van der Waals surface area contributed by atoms with Gasteiger partial charge >= 0.3 is 5.97 Å². The van der Waals surface area contributed by atoms with Crippen molar-refractivity contribution < 1.29 is 19.1 Å². The minimum Gasteiger partial charge on any atom is -0.497 e. The van der Waals surface area contributed by atoms with Crippen LogP contribution in [0.1, 0.15) is 72.1 Å². The number of nitrogens with one attached hydrogen (secondary N) is 1. The number of ketones is 1. The zero-order valence-corrected chi connectivity index (χ0v) is 22.2. The molecule has 0 unspecified atom stereocenters. The number of allylic oxidation sites excluding steroid dienone is 2. The van der Waals surface area contributed by atoms with E-state index >= 15 is 0 Å². The molecule has 4 aliphatic carbocycles. The Morgan fingerprint density at radius 1 is 1.03 bits per heavy atom. The quantitative estimate of drug-likeness (QED) is 0.272. The maximum absolute atomic E-state index is 13.4. The fourth-order valence-electron chi connectivity index (χ4n) is 8.45. The number of rotatable bonds is 6. The van der Waals surface area contributed by atoms with E-state index in [0.29, 0.717) is 17.8 Å². The van der Waals surface area contributed by atoms with Crippen molar-refractivity contribution in [2.45, 2.75) is 78.2 Å². The molecular weight excluding hydrogens is 450 g/mol. The fourth-order valence-corrected chi connectivity index (χ4v) is 8.45. The van der Waals surface area contributed by atoms with Crippen LogP contribution in [0.5, 0.6) is 5.75 Å². The molecule has 5 heteroatoms. The lowest BCUT2D eigenvalue weighted by Crippen LogP contribution is -2.51. The number of fused-ring (bicyclic) bond motifs is 5. The van der Waals surface area contributed by atoms with E-state index in [4.69, 9.17) is 9.47 Å². The lowest BCUT2D eigenvalue weighted by atomic mass is 9.47. The number of hydrogen-bond donors (Lipinski definition) is 1. The number of benzene rings is 1. The first-order valence-electron chi connectivity index (χ1n) is 13.7. The smallest absolute Gasteiger partial charge is 0.302 e. The summed E-state index contributed by atoms with van der Waals surface area (Å²) in [6.45, 7) is 6.38. The van der Waals surface area contributed by atoms with E-state index in [1.165, 1.54) is 18.9 Å². The van der Waals surface area contributed by atoms with Crippen LogP contribution in [0.3, 0.4) is 0 Å². The largest absolute Gasteiger partial charge is 0.497 e. The number of ether oxygens (including phenoxy) is 2. The standard InChI is InChI=1S/C31H41NO4/c1-20(33)36-24-13-16-30(2)21(19-24)5-10-25-26-11-12-28(31(26,3)17-14-27(25)30)29(34)15-18-32-22-6-8-23(35-4)9-7-22/h5-9,15,18,24-28,32H,10-14,16-17,19H2,1-4H3/b18-15-/t24-,25-,26-,27-,28+,30-,31-/m0/s1. The predicted octanol–water partition coefficient (Wildman–Crippen LogP) is 6.70. The Kier molecular flexibility index (Phi) is 6.78. The molecule has 0 aliphatic heterocycles. The van der Waals surface area contributed by atoms with E-state index in [1.807, 2.05) is 24.3 Å². The van der Waals surface area contributed by atoms with Crippen LogP contribution >= 0.6 is 0 Å². The number of esters is 1. The summed E-state index contributed by atoms with van der Waals surface area (Å²) in [6.07, 6.45) is 14.6. The molecule has 5 nitrogen and oxygen atoms in total. The molecule has 1 aromatic carbocycles. The van der Waals surface area contributed by atoms with Gasteiger partial charge in [0.15, 0.2) is 5.78 Å². The third kappa shape index (κ3) is 4.39. The summed E-state index contributed by atoms with van der Waals surface area (Å²) >= 11 is 0. The molecule has 1 N–H and O–H groups in total. The average Bonchev–Trinajstić information content (AvgIpc) is 3.21. The van der Waals surface area contributed by atoms with Gasteiger partial charge in [-0.25, -0.2) is 0 Å². The van der Waals surface area contributed by atoms with E-state index in [2.05, 4.69) is 25.2 Å². The fraction of sp³-hybridized carbons (Fsp3) is 0.613. The second-order valence-electron chi connectivity index (χ2n) is 12.0. The second kappa shape index (κ2) is 9.72. The summed E-state index contributed by atoms with van der Waals surface area (Å²) in [5.74, 6) is 2.96. The highest BCUT2D eigenvalue weighted by Gasteiger charge is 2.59. The molecule has 1 aromatic rings. The van der Waals surface area contributed by atoms with Gasteiger partial charge in [-0.2, -0.15) is 0 Å². The molecule has 0 radical (unpaired) electrons. The van der Waals surface area contributed by atoms with Gasteiger partial charge in [0.25, 0.3) is 0 Å². The number of carbonyl (C=O) groups excluding carboxylic acids is 2. The van der Waals surface area contributed by atoms with Crippen molar-refractivity contribution in [1.82, 2.24) is 0 Å². The second-order valence-corrected chi connectivity index (χ2v) is 12.0. The monoisotopic (exact) mass is 491 g/mol. The SMILES string of the molecule is COc1ccc(N/C=C\C(=O)[C@H]2CC[C@H]3[C@@H]4CC=C5C[C@@H](OC(C)=O)CC[C@]5(C)[C@H]4CC[C@]23C)cc1. The van der Waals surface area contributed by atoms with Crippen molar-refractivity contribution in [2.24, 2.45) is 34.5 Å². The Labute approximate surface area is 215 Å². The van der Waals surface area contributed by atoms with Crippen LogP contribution < -0.4 is 10.1 Å². The Bertz CT molecular complexity index is 1060. The molecule has 0 amide bonds. The zero-order valence-electron chi connectivity index (χ0n) is 22.2. The highest BCUT2D eigenvalue weighted by molar-refractivity contribution is 5.93. The average molecular weight is 492 g/mol. The summed E-state index contributed by atoms with van der Waals surface area (Å²) in [4.78, 5) is 24.9. The van der Waals surface area contributed by atoms with E-state index in [0.717, 1.165) is 56.4 Å². The van der Waals surface area contributed by atoms with Gasteiger partial charge in [0.2, 0.25) is 0 Å². The first-order valence-corrected chi connectivity index (χ1v) is 13.7. The number of methoxy groups -OCH3 is 1. The third-order valence-corrected chi connectivity index (χ3v) is 10.3. The molecule has 36 heavy (non-hydrogen) atoms. The number of hydrogen-bond acceptors (Lipinski definition) is 5. The molecule has 194 valence electrons. The van der Waals surface area contributed by atoms with Crippen molar-refractivity contribution in [3.63, 3.8) is 0 Å². The van der Waals surface area contributed by atoms with Crippen LogP contribution in [0.15, 0.2) is 48.2 Å². The first kappa shape index (κ1) is 25.1. The Morgan fingerprint density at radius 2 is 1.81 bits per heavy atom. The van der Waals surface area contributed by atoms with Gasteiger partial charge < -0.3 is 14.8 Å². The van der Waals surface area contributed by atoms with E-state index < -0.39 is 0 Å². The van der Waals surface area contributed by atoms with Gasteiger partial charge in [-0.3, -0.25) is 9.59 Å². The lowest BCUT2D eigenvalue weighted by molar-refractivity contribution is -0.149.